The number of hydrogen-bond donors (Lipinski definition) is 0. The molecule has 7 heteroatoms. The number of halogens is 2. The van der Waals surface area contributed by atoms with Crippen LogP contribution in [0.1, 0.15) is 93.4 Å². The van der Waals surface area contributed by atoms with E-state index in [1.807, 2.05) is 12.1 Å². The quantitative estimate of drug-likeness (QED) is 0.137. The number of rotatable bonds is 9. The summed E-state index contributed by atoms with van der Waals surface area (Å²) < 4.78 is 32.6. The standard InChI is InChI=1S/C18H26FNOSi.C17H26FNSi/c1-12(2)22(13(3)4,14(5)6)20-8-7-15-9-16(11-21)17(19)10-18(15)20;1-12(2)20(13(3)4,14(5)6)19-10-9-15-7-8-16(18)11-17(15)19/h7-14H,1-6H3;7-14H,1-6H3. The van der Waals surface area contributed by atoms with E-state index in [1.54, 1.807) is 18.2 Å². The fraction of sp³-hybridized carbons (Fsp3) is 0.514. The first-order valence-corrected chi connectivity index (χ1v) is 20.0. The molecule has 0 unspecified atom stereocenters. The predicted octanol–water partition coefficient (Wildman–Crippen LogP) is 11.4. The molecule has 3 nitrogen and oxygen atoms in total. The Morgan fingerprint density at radius 1 is 0.571 bits per heavy atom. The van der Waals surface area contributed by atoms with Crippen molar-refractivity contribution in [2.75, 3.05) is 0 Å². The third-order valence-electron chi connectivity index (χ3n) is 9.97. The number of benzene rings is 2. The Balaban J connectivity index is 0.000000231. The lowest BCUT2D eigenvalue weighted by molar-refractivity contribution is 0.112. The van der Waals surface area contributed by atoms with Crippen LogP contribution in [0.4, 0.5) is 8.78 Å². The van der Waals surface area contributed by atoms with Crippen LogP contribution >= 0.6 is 0 Å². The smallest absolute Gasteiger partial charge is 0.169 e. The van der Waals surface area contributed by atoms with Crippen molar-refractivity contribution < 1.29 is 13.6 Å². The lowest BCUT2D eigenvalue weighted by Gasteiger charge is -2.44. The number of nitrogens with zero attached hydrogens (tertiary/aromatic N) is 2. The molecule has 2 aromatic carbocycles. The number of hydrogen-bond acceptors (Lipinski definition) is 1. The van der Waals surface area contributed by atoms with Crippen LogP contribution < -0.4 is 0 Å². The summed E-state index contributed by atoms with van der Waals surface area (Å²) in [6.45, 7) is 27.7. The first-order valence-electron chi connectivity index (χ1n) is 15.6. The first kappa shape index (κ1) is 34.0. The maximum absolute atomic E-state index is 14.1. The zero-order valence-electron chi connectivity index (χ0n) is 27.8. The van der Waals surface area contributed by atoms with Crippen molar-refractivity contribution in [2.45, 2.75) is 116 Å². The van der Waals surface area contributed by atoms with Gasteiger partial charge in [-0.15, -0.1) is 0 Å². The molecule has 4 rings (SSSR count). The molecule has 42 heavy (non-hydrogen) atoms. The van der Waals surface area contributed by atoms with Gasteiger partial charge in [0, 0.05) is 11.0 Å². The number of fused-ring (bicyclic) bond motifs is 2. The van der Waals surface area contributed by atoms with Gasteiger partial charge >= 0.3 is 0 Å². The molecule has 0 fully saturated rings. The molecule has 0 aliphatic carbocycles. The van der Waals surface area contributed by atoms with E-state index in [1.165, 1.54) is 6.07 Å². The third kappa shape index (κ3) is 5.59. The van der Waals surface area contributed by atoms with Gasteiger partial charge in [0.1, 0.15) is 11.6 Å². The molecule has 0 N–H and O–H groups in total. The highest BCUT2D eigenvalue weighted by Gasteiger charge is 2.46. The molecule has 0 spiro atoms. The van der Waals surface area contributed by atoms with Crippen molar-refractivity contribution in [1.82, 2.24) is 8.47 Å². The third-order valence-corrected chi connectivity index (χ3v) is 23.5. The lowest BCUT2D eigenvalue weighted by Crippen LogP contribution is -2.51. The maximum Gasteiger partial charge on any atom is 0.169 e. The van der Waals surface area contributed by atoms with Crippen molar-refractivity contribution in [3.05, 3.63) is 72.1 Å². The Labute approximate surface area is 254 Å². The SMILES string of the molecule is CC(C)[Si](C(C)C)(C(C)C)n1ccc2cc(C=O)c(F)cc21.CC(C)[Si](C(C)C)(C(C)C)n1ccc2ccc(F)cc21. The molecule has 0 atom stereocenters. The zero-order chi connectivity index (χ0) is 31.7. The highest BCUT2D eigenvalue weighted by Crippen LogP contribution is 2.45. The summed E-state index contributed by atoms with van der Waals surface area (Å²) in [5.41, 5.74) is 5.57. The Bertz CT molecular complexity index is 1470. The van der Waals surface area contributed by atoms with Gasteiger partial charge < -0.3 is 8.47 Å². The molecule has 0 amide bonds. The molecular weight excluding hydrogens is 559 g/mol. The maximum atomic E-state index is 14.1. The largest absolute Gasteiger partial charge is 0.373 e. The second-order valence-corrected chi connectivity index (χ2v) is 25.3. The van der Waals surface area contributed by atoms with Crippen LogP contribution in [0, 0.1) is 11.6 Å². The van der Waals surface area contributed by atoms with Crippen LogP contribution in [0.3, 0.4) is 0 Å². The molecule has 2 aromatic heterocycles. The summed E-state index contributed by atoms with van der Waals surface area (Å²) in [6, 6.07) is 12.5. The Hall–Kier alpha value is -2.52. The van der Waals surface area contributed by atoms with Crippen molar-refractivity contribution in [3.63, 3.8) is 0 Å². The van der Waals surface area contributed by atoms with Gasteiger partial charge in [0.2, 0.25) is 0 Å². The summed E-state index contributed by atoms with van der Waals surface area (Å²) in [7, 11) is -3.69. The van der Waals surface area contributed by atoms with Crippen LogP contribution in [-0.2, 0) is 0 Å². The van der Waals surface area contributed by atoms with Crippen LogP contribution in [-0.4, -0.2) is 31.2 Å². The van der Waals surface area contributed by atoms with Gasteiger partial charge in [-0.2, -0.15) is 0 Å². The Morgan fingerprint density at radius 3 is 1.38 bits per heavy atom. The molecule has 4 aromatic rings. The van der Waals surface area contributed by atoms with E-state index in [0.29, 0.717) is 39.5 Å². The number of carbonyl (C=O) groups excluding carboxylic acids is 1. The topological polar surface area (TPSA) is 26.9 Å². The average Bonchev–Trinajstić information content (AvgIpc) is 3.48. The second kappa shape index (κ2) is 13.0. The summed E-state index contributed by atoms with van der Waals surface area (Å²) in [6.07, 6.45) is 4.88. The highest BCUT2D eigenvalue weighted by atomic mass is 28.3. The molecule has 0 radical (unpaired) electrons. The highest BCUT2D eigenvalue weighted by molar-refractivity contribution is 6.83. The molecular formula is C35H52F2N2OSi2. The van der Waals surface area contributed by atoms with Crippen LogP contribution in [0.2, 0.25) is 33.2 Å². The van der Waals surface area contributed by atoms with E-state index in [4.69, 9.17) is 0 Å². The summed E-state index contributed by atoms with van der Waals surface area (Å²) >= 11 is 0. The van der Waals surface area contributed by atoms with E-state index in [0.717, 1.165) is 21.8 Å². The molecule has 0 aliphatic rings. The first-order chi connectivity index (χ1) is 19.6. The minimum atomic E-state index is -1.90. The Morgan fingerprint density at radius 2 is 0.976 bits per heavy atom. The lowest BCUT2D eigenvalue weighted by atomic mass is 10.1. The van der Waals surface area contributed by atoms with Gasteiger partial charge in [-0.25, -0.2) is 8.78 Å². The summed E-state index contributed by atoms with van der Waals surface area (Å²) in [4.78, 5) is 11.0. The molecule has 0 saturated carbocycles. The fourth-order valence-corrected chi connectivity index (χ4v) is 21.9. The van der Waals surface area contributed by atoms with Crippen molar-refractivity contribution in [2.24, 2.45) is 0 Å². The number of aldehydes is 1. The van der Waals surface area contributed by atoms with Gasteiger partial charge in [-0.3, -0.25) is 4.79 Å². The van der Waals surface area contributed by atoms with E-state index < -0.39 is 22.3 Å². The minimum absolute atomic E-state index is 0.135. The summed E-state index contributed by atoms with van der Waals surface area (Å²) in [5.74, 6) is -0.571. The van der Waals surface area contributed by atoms with Crippen LogP contribution in [0.25, 0.3) is 21.8 Å². The van der Waals surface area contributed by atoms with E-state index >= 15 is 0 Å². The van der Waals surface area contributed by atoms with E-state index in [-0.39, 0.29) is 11.4 Å². The van der Waals surface area contributed by atoms with Crippen LogP contribution in [0.5, 0.6) is 0 Å². The molecule has 230 valence electrons. The van der Waals surface area contributed by atoms with Crippen molar-refractivity contribution in [1.29, 1.82) is 0 Å². The monoisotopic (exact) mass is 610 g/mol. The van der Waals surface area contributed by atoms with Crippen molar-refractivity contribution >= 4 is 44.6 Å². The molecule has 0 bridgehead atoms. The number of carbonyl (C=O) groups is 1. The Kier molecular flexibility index (Phi) is 10.5. The second-order valence-electron chi connectivity index (χ2n) is 13.8. The van der Waals surface area contributed by atoms with Crippen molar-refractivity contribution in [3.8, 4) is 0 Å². The molecule has 0 saturated heterocycles. The number of aromatic nitrogens is 2. The van der Waals surface area contributed by atoms with E-state index in [2.05, 4.69) is 110 Å². The van der Waals surface area contributed by atoms with Gasteiger partial charge in [0.25, 0.3) is 0 Å². The van der Waals surface area contributed by atoms with Gasteiger partial charge in [0.05, 0.1) is 5.56 Å². The summed E-state index contributed by atoms with van der Waals surface area (Å²) in [5, 5.41) is 2.09. The van der Waals surface area contributed by atoms with Crippen LogP contribution in [0.15, 0.2) is 54.9 Å². The zero-order valence-corrected chi connectivity index (χ0v) is 29.8. The molecule has 0 aliphatic heterocycles. The van der Waals surface area contributed by atoms with Gasteiger partial charge in [-0.05, 0) is 98.9 Å². The van der Waals surface area contributed by atoms with E-state index in [9.17, 15) is 13.6 Å². The van der Waals surface area contributed by atoms with Gasteiger partial charge in [0.15, 0.2) is 22.8 Å². The normalized spacial score (nSPS) is 13.0. The average molecular weight is 611 g/mol. The molecule has 2 heterocycles. The predicted molar refractivity (Wildman–Crippen MR) is 182 cm³/mol. The minimum Gasteiger partial charge on any atom is -0.373 e. The fourth-order valence-electron chi connectivity index (χ4n) is 8.71. The van der Waals surface area contributed by atoms with Gasteiger partial charge in [-0.1, -0.05) is 83.1 Å².